The van der Waals surface area contributed by atoms with E-state index in [0.29, 0.717) is 42.0 Å². The number of esters is 1. The largest absolute Gasteiger partial charge is 0.504 e. The third-order valence-electron chi connectivity index (χ3n) is 7.19. The zero-order valence-electron chi connectivity index (χ0n) is 20.1. The minimum absolute atomic E-state index is 0.0299. The van der Waals surface area contributed by atoms with Crippen molar-refractivity contribution in [1.82, 2.24) is 5.32 Å². The van der Waals surface area contributed by atoms with Gasteiger partial charge in [0.1, 0.15) is 6.10 Å². The molecule has 0 saturated heterocycles. The summed E-state index contributed by atoms with van der Waals surface area (Å²) in [5.41, 5.74) is 3.40. The van der Waals surface area contributed by atoms with Crippen LogP contribution >= 0.6 is 11.3 Å². The quantitative estimate of drug-likeness (QED) is 0.502. The number of hydrogen-bond donors (Lipinski definition) is 2. The molecule has 1 aromatic carbocycles. The van der Waals surface area contributed by atoms with Crippen LogP contribution in [0, 0.1) is 0 Å². The van der Waals surface area contributed by atoms with Crippen molar-refractivity contribution in [2.75, 3.05) is 6.61 Å². The Balaban J connectivity index is 1.57. The number of aromatic hydroxyl groups is 1. The van der Waals surface area contributed by atoms with Crippen LogP contribution in [0.3, 0.4) is 0 Å². The first kappa shape index (κ1) is 23.7. The second-order valence-electron chi connectivity index (χ2n) is 9.50. The van der Waals surface area contributed by atoms with E-state index in [0.717, 1.165) is 36.9 Å². The Morgan fingerprint density at radius 2 is 2.00 bits per heavy atom. The highest BCUT2D eigenvalue weighted by atomic mass is 32.1. The number of benzene rings is 1. The molecule has 184 valence electrons. The zero-order valence-corrected chi connectivity index (χ0v) is 21.0. The molecule has 0 amide bonds. The Kier molecular flexibility index (Phi) is 6.69. The number of phenolic OH excluding ortho intramolecular Hbond substituents is 1. The van der Waals surface area contributed by atoms with E-state index in [4.69, 9.17) is 9.47 Å². The van der Waals surface area contributed by atoms with Crippen molar-refractivity contribution in [2.24, 2.45) is 0 Å². The van der Waals surface area contributed by atoms with Crippen molar-refractivity contribution in [1.29, 1.82) is 0 Å². The van der Waals surface area contributed by atoms with Crippen LogP contribution in [-0.2, 0) is 14.3 Å². The van der Waals surface area contributed by atoms with Gasteiger partial charge in [0.15, 0.2) is 17.3 Å². The van der Waals surface area contributed by atoms with Gasteiger partial charge in [0.2, 0.25) is 0 Å². The summed E-state index contributed by atoms with van der Waals surface area (Å²) < 4.78 is 11.5. The van der Waals surface area contributed by atoms with E-state index >= 15 is 0 Å². The van der Waals surface area contributed by atoms with E-state index < -0.39 is 5.92 Å². The summed E-state index contributed by atoms with van der Waals surface area (Å²) in [7, 11) is 0. The number of carbonyl (C=O) groups excluding carboxylic acids is 2. The van der Waals surface area contributed by atoms with Gasteiger partial charge in [-0.2, -0.15) is 0 Å². The molecule has 0 unspecified atom stereocenters. The van der Waals surface area contributed by atoms with Gasteiger partial charge in [0.25, 0.3) is 0 Å². The predicted octanol–water partition coefficient (Wildman–Crippen LogP) is 5.70. The third kappa shape index (κ3) is 4.61. The summed E-state index contributed by atoms with van der Waals surface area (Å²) >= 11 is 1.67. The topological polar surface area (TPSA) is 84.9 Å². The number of allylic oxidation sites excluding steroid dienone is 3. The maximum Gasteiger partial charge on any atom is 0.337 e. The van der Waals surface area contributed by atoms with E-state index in [1.54, 1.807) is 29.5 Å². The van der Waals surface area contributed by atoms with Gasteiger partial charge in [-0.25, -0.2) is 4.79 Å². The van der Waals surface area contributed by atoms with Crippen molar-refractivity contribution in [2.45, 2.75) is 70.3 Å². The van der Waals surface area contributed by atoms with E-state index in [-0.39, 0.29) is 29.5 Å². The standard InChI is InChI=1S/C28H31NO5S/c1-3-33-23-15-17(10-11-21(23)30)26-25(28(32)34-19-7-4-5-8-19)16(2)29-20-13-18(14-22(31)27(20)26)24-9-6-12-35-24/h6,9-12,15,18-19,26,29-30H,3-5,7-8,13-14H2,1-2H3/t18-,26+/m0/s1. The van der Waals surface area contributed by atoms with Crippen LogP contribution in [0.4, 0.5) is 0 Å². The highest BCUT2D eigenvalue weighted by molar-refractivity contribution is 7.10. The van der Waals surface area contributed by atoms with Gasteiger partial charge < -0.3 is 19.9 Å². The molecule has 6 nitrogen and oxygen atoms in total. The highest BCUT2D eigenvalue weighted by Gasteiger charge is 2.42. The number of nitrogens with one attached hydrogen (secondary N) is 1. The number of hydrogen-bond acceptors (Lipinski definition) is 7. The molecule has 3 aliphatic rings. The summed E-state index contributed by atoms with van der Waals surface area (Å²) in [6.07, 6.45) is 4.90. The number of Topliss-reactive ketones (excluding diaryl/α,β-unsaturated/α-hetero) is 1. The van der Waals surface area contributed by atoms with Crippen LogP contribution in [0.1, 0.15) is 74.6 Å². The average molecular weight is 494 g/mol. The molecule has 2 aliphatic carbocycles. The lowest BCUT2D eigenvalue weighted by Crippen LogP contribution is -2.36. The molecule has 1 saturated carbocycles. The molecular weight excluding hydrogens is 462 g/mol. The maximum absolute atomic E-state index is 13.7. The normalized spacial score (nSPS) is 22.7. The van der Waals surface area contributed by atoms with Crippen molar-refractivity contribution in [3.8, 4) is 11.5 Å². The second-order valence-corrected chi connectivity index (χ2v) is 10.5. The SMILES string of the molecule is CCOc1cc([C@@H]2C(C(=O)OC3CCCC3)=C(C)NC3=C2C(=O)C[C@@H](c2cccs2)C3)ccc1O. The van der Waals surface area contributed by atoms with Gasteiger partial charge in [-0.3, -0.25) is 4.79 Å². The third-order valence-corrected chi connectivity index (χ3v) is 8.22. The summed E-state index contributed by atoms with van der Waals surface area (Å²) in [4.78, 5) is 28.4. The first-order chi connectivity index (χ1) is 17.0. The fourth-order valence-corrected chi connectivity index (χ4v) is 6.40. The van der Waals surface area contributed by atoms with Gasteiger partial charge in [-0.15, -0.1) is 11.3 Å². The fraction of sp³-hybridized carbons (Fsp3) is 0.429. The molecule has 7 heteroatoms. The molecule has 2 atom stereocenters. The molecule has 1 aliphatic heterocycles. The first-order valence-electron chi connectivity index (χ1n) is 12.4. The lowest BCUT2D eigenvalue weighted by atomic mass is 9.72. The molecule has 0 radical (unpaired) electrons. The summed E-state index contributed by atoms with van der Waals surface area (Å²) in [6.45, 7) is 4.12. The number of rotatable bonds is 6. The first-order valence-corrected chi connectivity index (χ1v) is 13.3. The molecule has 2 aromatic rings. The molecule has 1 aromatic heterocycles. The Labute approximate surface area is 209 Å². The van der Waals surface area contributed by atoms with Crippen molar-refractivity contribution in [3.05, 3.63) is 68.7 Å². The average Bonchev–Trinajstić information content (AvgIpc) is 3.54. The van der Waals surface area contributed by atoms with Gasteiger partial charge in [-0.05, 0) is 75.1 Å². The molecule has 5 rings (SSSR count). The monoisotopic (exact) mass is 493 g/mol. The Hall–Kier alpha value is -3.06. The number of carbonyl (C=O) groups is 2. The Morgan fingerprint density at radius 1 is 1.20 bits per heavy atom. The number of thiophene rings is 1. The lowest BCUT2D eigenvalue weighted by molar-refractivity contribution is -0.144. The Bertz CT molecular complexity index is 1190. The minimum Gasteiger partial charge on any atom is -0.504 e. The van der Waals surface area contributed by atoms with Crippen LogP contribution in [0.2, 0.25) is 0 Å². The zero-order chi connectivity index (χ0) is 24.5. The molecule has 0 bridgehead atoms. The van der Waals surface area contributed by atoms with Crippen molar-refractivity contribution >= 4 is 23.1 Å². The minimum atomic E-state index is -0.572. The predicted molar refractivity (Wildman–Crippen MR) is 135 cm³/mol. The Morgan fingerprint density at radius 3 is 2.71 bits per heavy atom. The second kappa shape index (κ2) is 9.90. The van der Waals surface area contributed by atoms with Gasteiger partial charge >= 0.3 is 5.97 Å². The van der Waals surface area contributed by atoms with Gasteiger partial charge in [0.05, 0.1) is 12.2 Å². The van der Waals surface area contributed by atoms with Crippen molar-refractivity contribution in [3.63, 3.8) is 0 Å². The van der Waals surface area contributed by atoms with Crippen LogP contribution in [-0.4, -0.2) is 29.6 Å². The van der Waals surface area contributed by atoms with Crippen LogP contribution in [0.5, 0.6) is 11.5 Å². The highest BCUT2D eigenvalue weighted by Crippen LogP contribution is 2.47. The van der Waals surface area contributed by atoms with E-state index in [1.165, 1.54) is 4.88 Å². The molecule has 2 N–H and O–H groups in total. The molecular formula is C28H31NO5S. The van der Waals surface area contributed by atoms with Crippen LogP contribution < -0.4 is 10.1 Å². The molecule has 1 fully saturated rings. The lowest BCUT2D eigenvalue weighted by Gasteiger charge is -2.36. The summed E-state index contributed by atoms with van der Waals surface area (Å²) in [5.74, 6) is -0.428. The molecule has 35 heavy (non-hydrogen) atoms. The number of ketones is 1. The van der Waals surface area contributed by atoms with Gasteiger partial charge in [0, 0.05) is 40.1 Å². The van der Waals surface area contributed by atoms with E-state index in [9.17, 15) is 14.7 Å². The van der Waals surface area contributed by atoms with Crippen LogP contribution in [0.15, 0.2) is 58.3 Å². The van der Waals surface area contributed by atoms with Crippen molar-refractivity contribution < 1.29 is 24.2 Å². The number of dihydropyridines is 1. The van der Waals surface area contributed by atoms with Gasteiger partial charge in [-0.1, -0.05) is 12.1 Å². The van der Waals surface area contributed by atoms with Crippen LogP contribution in [0.25, 0.3) is 0 Å². The van der Waals surface area contributed by atoms with E-state index in [2.05, 4.69) is 11.4 Å². The number of ether oxygens (including phenoxy) is 2. The molecule has 2 heterocycles. The molecule has 0 spiro atoms. The maximum atomic E-state index is 13.7. The number of phenols is 1. The summed E-state index contributed by atoms with van der Waals surface area (Å²) in [5, 5.41) is 15.7. The summed E-state index contributed by atoms with van der Waals surface area (Å²) in [6, 6.07) is 9.18. The van der Waals surface area contributed by atoms with E-state index in [1.807, 2.05) is 25.3 Å². The smallest absolute Gasteiger partial charge is 0.337 e. The fourth-order valence-electron chi connectivity index (χ4n) is 5.57.